The maximum Gasteiger partial charge on any atom is 0.257 e. The first-order valence-corrected chi connectivity index (χ1v) is 9.78. The van der Waals surface area contributed by atoms with Crippen LogP contribution in [0.3, 0.4) is 0 Å². The number of carbonyl (C=O) groups is 1. The number of carbonyl (C=O) groups excluding carboxylic acids is 1. The standard InChI is InChI=1S/C16H22N2O4S/c1-2-7-17-8-9-18(14-11-23(21,22)10-13(14)17)16(20)12-5-3-4-6-15(12)19/h3-6,13-14,19H,2,7-11H2,1H3/t13-,14+/m0/s1. The lowest BCUT2D eigenvalue weighted by molar-refractivity contribution is 0.0331. The summed E-state index contributed by atoms with van der Waals surface area (Å²) in [5.74, 6) is -0.225. The SMILES string of the molecule is CCCN1CCN(C(=O)c2ccccc2O)[C@@H]2CS(=O)(=O)C[C@@H]21. The Kier molecular flexibility index (Phi) is 4.33. The van der Waals surface area contributed by atoms with E-state index in [-0.39, 0.29) is 40.8 Å². The van der Waals surface area contributed by atoms with Gasteiger partial charge in [-0.05, 0) is 25.1 Å². The highest BCUT2D eigenvalue weighted by Crippen LogP contribution is 2.29. The first-order chi connectivity index (χ1) is 10.9. The number of rotatable bonds is 3. The number of piperazine rings is 1. The van der Waals surface area contributed by atoms with E-state index < -0.39 is 9.84 Å². The van der Waals surface area contributed by atoms with Gasteiger partial charge in [-0.1, -0.05) is 19.1 Å². The predicted octanol–water partition coefficient (Wildman–Crippen LogP) is 0.726. The zero-order valence-corrected chi connectivity index (χ0v) is 14.0. The Morgan fingerprint density at radius 2 is 1.91 bits per heavy atom. The van der Waals surface area contributed by atoms with E-state index in [1.54, 1.807) is 23.1 Å². The van der Waals surface area contributed by atoms with Gasteiger partial charge in [-0.25, -0.2) is 8.42 Å². The van der Waals surface area contributed by atoms with Gasteiger partial charge >= 0.3 is 0 Å². The molecule has 0 saturated carbocycles. The largest absolute Gasteiger partial charge is 0.507 e. The van der Waals surface area contributed by atoms with Crippen LogP contribution in [0, 0.1) is 0 Å². The van der Waals surface area contributed by atoms with Gasteiger partial charge in [-0.2, -0.15) is 0 Å². The quantitative estimate of drug-likeness (QED) is 0.879. The molecule has 2 heterocycles. The molecule has 0 aromatic heterocycles. The second kappa shape index (κ2) is 6.13. The number of phenols is 1. The summed E-state index contributed by atoms with van der Waals surface area (Å²) in [6.45, 7) is 4.07. The molecule has 0 radical (unpaired) electrons. The Balaban J connectivity index is 1.89. The summed E-state index contributed by atoms with van der Waals surface area (Å²) in [5.41, 5.74) is 0.236. The highest BCUT2D eigenvalue weighted by molar-refractivity contribution is 7.91. The summed E-state index contributed by atoms with van der Waals surface area (Å²) in [6.07, 6.45) is 0.955. The van der Waals surface area contributed by atoms with Crippen LogP contribution in [-0.4, -0.2) is 72.5 Å². The van der Waals surface area contributed by atoms with E-state index >= 15 is 0 Å². The molecule has 3 rings (SSSR count). The second-order valence-corrected chi connectivity index (χ2v) is 8.42. The van der Waals surface area contributed by atoms with Crippen molar-refractivity contribution >= 4 is 15.7 Å². The number of hydrogen-bond donors (Lipinski definition) is 1. The van der Waals surface area contributed by atoms with Crippen molar-refractivity contribution in [1.82, 2.24) is 9.80 Å². The van der Waals surface area contributed by atoms with Crippen LogP contribution in [0.1, 0.15) is 23.7 Å². The number of sulfone groups is 1. The van der Waals surface area contributed by atoms with Crippen LogP contribution in [0.5, 0.6) is 5.75 Å². The molecule has 2 atom stereocenters. The van der Waals surface area contributed by atoms with Crippen molar-refractivity contribution in [2.45, 2.75) is 25.4 Å². The zero-order valence-electron chi connectivity index (χ0n) is 13.2. The molecule has 2 aliphatic rings. The molecule has 6 nitrogen and oxygen atoms in total. The maximum absolute atomic E-state index is 12.8. The van der Waals surface area contributed by atoms with Gasteiger partial charge in [0.2, 0.25) is 0 Å². The minimum absolute atomic E-state index is 0.0111. The summed E-state index contributed by atoms with van der Waals surface area (Å²) >= 11 is 0. The summed E-state index contributed by atoms with van der Waals surface area (Å²) in [6, 6.07) is 5.95. The third-order valence-corrected chi connectivity index (χ3v) is 6.40. The van der Waals surface area contributed by atoms with Gasteiger partial charge in [0.1, 0.15) is 5.75 Å². The van der Waals surface area contributed by atoms with Crippen molar-refractivity contribution < 1.29 is 18.3 Å². The van der Waals surface area contributed by atoms with Crippen molar-refractivity contribution in [2.75, 3.05) is 31.1 Å². The lowest BCUT2D eigenvalue weighted by Gasteiger charge is -2.43. The number of benzene rings is 1. The molecule has 2 saturated heterocycles. The lowest BCUT2D eigenvalue weighted by atomic mass is 10.0. The molecule has 0 spiro atoms. The first kappa shape index (κ1) is 16.3. The number of hydrogen-bond acceptors (Lipinski definition) is 5. The molecule has 126 valence electrons. The Labute approximate surface area is 136 Å². The smallest absolute Gasteiger partial charge is 0.257 e. The molecule has 7 heteroatoms. The fraction of sp³-hybridized carbons (Fsp3) is 0.562. The van der Waals surface area contributed by atoms with Gasteiger partial charge in [0.25, 0.3) is 5.91 Å². The molecule has 1 amide bonds. The second-order valence-electron chi connectivity index (χ2n) is 6.26. The van der Waals surface area contributed by atoms with Gasteiger partial charge < -0.3 is 10.0 Å². The van der Waals surface area contributed by atoms with Crippen molar-refractivity contribution in [3.05, 3.63) is 29.8 Å². The van der Waals surface area contributed by atoms with E-state index in [2.05, 4.69) is 11.8 Å². The Morgan fingerprint density at radius 3 is 2.61 bits per heavy atom. The summed E-state index contributed by atoms with van der Waals surface area (Å²) in [4.78, 5) is 16.6. The van der Waals surface area contributed by atoms with Crippen LogP contribution in [0.25, 0.3) is 0 Å². The molecular weight excluding hydrogens is 316 g/mol. The molecule has 2 fully saturated rings. The summed E-state index contributed by atoms with van der Waals surface area (Å²) in [7, 11) is -3.14. The average Bonchev–Trinajstić information content (AvgIpc) is 2.83. The van der Waals surface area contributed by atoms with E-state index in [9.17, 15) is 18.3 Å². The summed E-state index contributed by atoms with van der Waals surface area (Å²) in [5, 5.41) is 9.91. The van der Waals surface area contributed by atoms with Crippen LogP contribution in [0.4, 0.5) is 0 Å². The fourth-order valence-corrected chi connectivity index (χ4v) is 5.66. The lowest BCUT2D eigenvalue weighted by Crippen LogP contribution is -2.60. The minimum Gasteiger partial charge on any atom is -0.507 e. The molecule has 1 aromatic carbocycles. The predicted molar refractivity (Wildman–Crippen MR) is 87.2 cm³/mol. The summed E-state index contributed by atoms with van der Waals surface area (Å²) < 4.78 is 24.2. The monoisotopic (exact) mass is 338 g/mol. The van der Waals surface area contributed by atoms with Crippen molar-refractivity contribution in [1.29, 1.82) is 0 Å². The molecule has 0 aliphatic carbocycles. The van der Waals surface area contributed by atoms with E-state index in [1.807, 2.05) is 0 Å². The Bertz CT molecular complexity index is 704. The number of phenolic OH excluding ortho intramolecular Hbond substituents is 1. The molecular formula is C16H22N2O4S. The van der Waals surface area contributed by atoms with E-state index in [0.717, 1.165) is 13.0 Å². The normalized spacial score (nSPS) is 26.9. The van der Waals surface area contributed by atoms with Crippen molar-refractivity contribution in [2.24, 2.45) is 0 Å². The molecule has 0 unspecified atom stereocenters. The molecule has 0 bridgehead atoms. The van der Waals surface area contributed by atoms with Gasteiger partial charge in [0.15, 0.2) is 9.84 Å². The molecule has 2 aliphatic heterocycles. The third kappa shape index (κ3) is 3.07. The highest BCUT2D eigenvalue weighted by Gasteiger charge is 2.47. The highest BCUT2D eigenvalue weighted by atomic mass is 32.2. The third-order valence-electron chi connectivity index (χ3n) is 4.70. The van der Waals surface area contributed by atoms with Gasteiger partial charge in [0.05, 0.1) is 23.1 Å². The maximum atomic E-state index is 12.8. The van der Waals surface area contributed by atoms with Gasteiger partial charge in [0, 0.05) is 19.1 Å². The topological polar surface area (TPSA) is 77.9 Å². The first-order valence-electron chi connectivity index (χ1n) is 7.96. The van der Waals surface area contributed by atoms with Gasteiger partial charge in [-0.15, -0.1) is 0 Å². The number of nitrogens with zero attached hydrogens (tertiary/aromatic N) is 2. The van der Waals surface area contributed by atoms with Crippen LogP contribution >= 0.6 is 0 Å². The van der Waals surface area contributed by atoms with Crippen LogP contribution < -0.4 is 0 Å². The van der Waals surface area contributed by atoms with E-state index in [1.165, 1.54) is 6.07 Å². The number of aromatic hydroxyl groups is 1. The molecule has 1 aromatic rings. The van der Waals surface area contributed by atoms with Crippen molar-refractivity contribution in [3.63, 3.8) is 0 Å². The number of amides is 1. The molecule has 1 N–H and O–H groups in total. The van der Waals surface area contributed by atoms with Crippen molar-refractivity contribution in [3.8, 4) is 5.75 Å². The zero-order chi connectivity index (χ0) is 16.6. The van der Waals surface area contributed by atoms with E-state index in [0.29, 0.717) is 13.1 Å². The van der Waals surface area contributed by atoms with Crippen LogP contribution in [0.2, 0.25) is 0 Å². The van der Waals surface area contributed by atoms with E-state index in [4.69, 9.17) is 0 Å². The Morgan fingerprint density at radius 1 is 1.22 bits per heavy atom. The minimum atomic E-state index is -3.14. The molecule has 23 heavy (non-hydrogen) atoms. The van der Waals surface area contributed by atoms with Crippen LogP contribution in [0.15, 0.2) is 24.3 Å². The average molecular weight is 338 g/mol. The fourth-order valence-electron chi connectivity index (χ4n) is 3.65. The number of fused-ring (bicyclic) bond motifs is 1. The van der Waals surface area contributed by atoms with Gasteiger partial charge in [-0.3, -0.25) is 9.69 Å². The Hall–Kier alpha value is -1.60. The van der Waals surface area contributed by atoms with Crippen LogP contribution in [-0.2, 0) is 9.84 Å². The number of para-hydroxylation sites is 1.